The Hall–Kier alpha value is -3.32. The highest BCUT2D eigenvalue weighted by atomic mass is 16.4. The van der Waals surface area contributed by atoms with Crippen molar-refractivity contribution in [3.63, 3.8) is 0 Å². The molecule has 0 spiro atoms. The minimum atomic E-state index is -1.58. The summed E-state index contributed by atoms with van der Waals surface area (Å²) in [5.74, 6) is -4.17. The van der Waals surface area contributed by atoms with E-state index in [0.717, 1.165) is 16.0 Å². The van der Waals surface area contributed by atoms with Crippen LogP contribution in [0.1, 0.15) is 41.4 Å². The summed E-state index contributed by atoms with van der Waals surface area (Å²) in [4.78, 5) is 51.5. The molecule has 2 heterocycles. The van der Waals surface area contributed by atoms with E-state index in [0.29, 0.717) is 11.3 Å². The van der Waals surface area contributed by atoms with Crippen LogP contribution in [0.25, 0.3) is 0 Å². The molecule has 30 heavy (non-hydrogen) atoms. The van der Waals surface area contributed by atoms with Crippen LogP contribution in [0.2, 0.25) is 0 Å². The van der Waals surface area contributed by atoms with Gasteiger partial charge in [-0.25, -0.2) is 4.90 Å². The number of amides is 2. The van der Waals surface area contributed by atoms with Crippen LogP contribution in [0.15, 0.2) is 48.5 Å². The number of nitrogens with zero attached hydrogens (tertiary/aromatic N) is 1. The number of rotatable bonds is 4. The smallest absolute Gasteiger partial charge is 0.324 e. The summed E-state index contributed by atoms with van der Waals surface area (Å²) in [6.07, 6.45) is 0. The molecule has 0 saturated carbocycles. The third-order valence-corrected chi connectivity index (χ3v) is 6.29. The van der Waals surface area contributed by atoms with Gasteiger partial charge < -0.3 is 5.11 Å². The van der Waals surface area contributed by atoms with Crippen molar-refractivity contribution >= 4 is 29.3 Å². The van der Waals surface area contributed by atoms with Gasteiger partial charge in [0, 0.05) is 11.6 Å². The van der Waals surface area contributed by atoms with Gasteiger partial charge in [0.05, 0.1) is 17.5 Å². The fourth-order valence-electron chi connectivity index (χ4n) is 4.64. The van der Waals surface area contributed by atoms with Gasteiger partial charge in [-0.2, -0.15) is 0 Å². The van der Waals surface area contributed by atoms with Crippen molar-refractivity contribution in [2.24, 2.45) is 11.8 Å². The maximum absolute atomic E-state index is 13.4. The van der Waals surface area contributed by atoms with E-state index >= 15 is 0 Å². The van der Waals surface area contributed by atoms with Crippen LogP contribution in [0.4, 0.5) is 5.69 Å². The van der Waals surface area contributed by atoms with Crippen LogP contribution in [0.3, 0.4) is 0 Å². The predicted molar refractivity (Wildman–Crippen MR) is 109 cm³/mol. The zero-order chi connectivity index (χ0) is 21.8. The number of carbonyl (C=O) groups excluding carboxylic acids is 3. The summed E-state index contributed by atoms with van der Waals surface area (Å²) in [7, 11) is 0. The highest BCUT2D eigenvalue weighted by Crippen LogP contribution is 2.50. The van der Waals surface area contributed by atoms with Crippen molar-refractivity contribution in [3.8, 4) is 0 Å². The number of ketones is 1. The second kappa shape index (κ2) is 6.88. The molecule has 7 nitrogen and oxygen atoms in total. The molecular formula is C23H22N2O5. The number of hydrogen-bond acceptors (Lipinski definition) is 5. The van der Waals surface area contributed by atoms with Crippen molar-refractivity contribution < 1.29 is 24.3 Å². The Morgan fingerprint density at radius 1 is 1.03 bits per heavy atom. The molecule has 154 valence electrons. The first-order chi connectivity index (χ1) is 14.2. The highest BCUT2D eigenvalue weighted by Gasteiger charge is 2.67. The van der Waals surface area contributed by atoms with E-state index in [1.54, 1.807) is 24.3 Å². The number of imide groups is 1. The van der Waals surface area contributed by atoms with E-state index in [-0.39, 0.29) is 5.78 Å². The van der Waals surface area contributed by atoms with Crippen molar-refractivity contribution in [1.82, 2.24) is 5.32 Å². The lowest BCUT2D eigenvalue weighted by Crippen LogP contribution is -2.53. The number of aliphatic carboxylic acids is 1. The van der Waals surface area contributed by atoms with Gasteiger partial charge in [-0.05, 0) is 56.2 Å². The third kappa shape index (κ3) is 2.77. The molecule has 2 aliphatic heterocycles. The Bertz CT molecular complexity index is 1080. The Morgan fingerprint density at radius 3 is 2.23 bits per heavy atom. The van der Waals surface area contributed by atoms with Crippen LogP contribution < -0.4 is 10.2 Å². The summed E-state index contributed by atoms with van der Waals surface area (Å²) < 4.78 is 0. The van der Waals surface area contributed by atoms with Crippen LogP contribution in [0.5, 0.6) is 0 Å². The summed E-state index contributed by atoms with van der Waals surface area (Å²) in [5, 5.41) is 13.0. The Balaban J connectivity index is 1.81. The van der Waals surface area contributed by atoms with E-state index < -0.39 is 41.2 Å². The summed E-state index contributed by atoms with van der Waals surface area (Å²) in [6, 6.07) is 13.0. The lowest BCUT2D eigenvalue weighted by atomic mass is 9.80. The SMILES string of the molecule is CC(=O)c1ccc(N2C(=O)C3C(c4ccccc4C)NC(C)(C(=O)O)C3C2=O)cc1. The number of Topliss-reactive ketones (excluding diaryl/α,β-unsaturated/α-hetero) is 1. The normalized spacial score (nSPS) is 28.0. The molecule has 7 heteroatoms. The van der Waals surface area contributed by atoms with Gasteiger partial charge in [0.25, 0.3) is 0 Å². The third-order valence-electron chi connectivity index (χ3n) is 6.29. The molecule has 4 atom stereocenters. The summed E-state index contributed by atoms with van der Waals surface area (Å²) in [5.41, 5.74) is 0.923. The molecule has 2 amide bonds. The maximum atomic E-state index is 13.4. The van der Waals surface area contributed by atoms with Gasteiger partial charge in [0.1, 0.15) is 5.54 Å². The first kappa shape index (κ1) is 20.0. The minimum Gasteiger partial charge on any atom is -0.480 e. The minimum absolute atomic E-state index is 0.125. The largest absolute Gasteiger partial charge is 0.480 e. The van der Waals surface area contributed by atoms with Gasteiger partial charge in [-0.3, -0.25) is 24.5 Å². The molecule has 2 aliphatic rings. The van der Waals surface area contributed by atoms with Gasteiger partial charge in [-0.1, -0.05) is 24.3 Å². The molecule has 2 saturated heterocycles. The first-order valence-electron chi connectivity index (χ1n) is 9.72. The van der Waals surface area contributed by atoms with Gasteiger partial charge in [0.2, 0.25) is 11.8 Å². The standard InChI is InChI=1S/C23H22N2O5/c1-12-6-4-5-7-16(12)19-17-18(23(3,24-19)22(29)30)21(28)25(20(17)27)15-10-8-14(9-11-15)13(2)26/h4-11,17-19,24H,1-3H3,(H,29,30). The van der Waals surface area contributed by atoms with Crippen LogP contribution in [-0.2, 0) is 14.4 Å². The molecular weight excluding hydrogens is 384 g/mol. The van der Waals surface area contributed by atoms with E-state index in [1.807, 2.05) is 31.2 Å². The van der Waals surface area contributed by atoms with Crippen LogP contribution in [-0.4, -0.2) is 34.2 Å². The molecule has 0 aliphatic carbocycles. The van der Waals surface area contributed by atoms with Crippen LogP contribution >= 0.6 is 0 Å². The van der Waals surface area contributed by atoms with Crippen molar-refractivity contribution in [2.75, 3.05) is 4.90 Å². The van der Waals surface area contributed by atoms with E-state index in [9.17, 15) is 24.3 Å². The molecule has 4 rings (SSSR count). The quantitative estimate of drug-likeness (QED) is 0.597. The van der Waals surface area contributed by atoms with E-state index in [1.165, 1.54) is 13.8 Å². The number of fused-ring (bicyclic) bond motifs is 1. The van der Waals surface area contributed by atoms with Gasteiger partial charge in [-0.15, -0.1) is 0 Å². The second-order valence-electron chi connectivity index (χ2n) is 8.10. The average Bonchev–Trinajstić information content (AvgIpc) is 3.16. The molecule has 0 bridgehead atoms. The number of benzene rings is 2. The average molecular weight is 406 g/mol. The van der Waals surface area contributed by atoms with Crippen molar-refractivity contribution in [2.45, 2.75) is 32.4 Å². The lowest BCUT2D eigenvalue weighted by molar-refractivity contribution is -0.147. The number of anilines is 1. The maximum Gasteiger partial charge on any atom is 0.324 e. The highest BCUT2D eigenvalue weighted by molar-refractivity contribution is 6.24. The Labute approximate surface area is 173 Å². The molecule has 4 unspecified atom stereocenters. The van der Waals surface area contributed by atoms with E-state index in [2.05, 4.69) is 5.32 Å². The van der Waals surface area contributed by atoms with Crippen LogP contribution in [0, 0.1) is 18.8 Å². The Morgan fingerprint density at radius 2 is 1.67 bits per heavy atom. The number of hydrogen-bond donors (Lipinski definition) is 2. The lowest BCUT2D eigenvalue weighted by Gasteiger charge is -2.27. The van der Waals surface area contributed by atoms with E-state index in [4.69, 9.17) is 0 Å². The van der Waals surface area contributed by atoms with Gasteiger partial charge >= 0.3 is 5.97 Å². The fraction of sp³-hybridized carbons (Fsp3) is 0.304. The molecule has 2 fully saturated rings. The molecule has 2 N–H and O–H groups in total. The number of carboxylic acid groups (broad SMARTS) is 1. The number of aryl methyl sites for hydroxylation is 1. The number of carbonyl (C=O) groups is 4. The zero-order valence-electron chi connectivity index (χ0n) is 16.9. The summed E-state index contributed by atoms with van der Waals surface area (Å²) in [6.45, 7) is 4.78. The first-order valence-corrected chi connectivity index (χ1v) is 9.72. The molecule has 2 aromatic rings. The van der Waals surface area contributed by atoms with Crippen molar-refractivity contribution in [3.05, 3.63) is 65.2 Å². The van der Waals surface area contributed by atoms with Gasteiger partial charge in [0.15, 0.2) is 5.78 Å². The second-order valence-corrected chi connectivity index (χ2v) is 8.10. The molecule has 0 radical (unpaired) electrons. The zero-order valence-corrected chi connectivity index (χ0v) is 16.9. The monoisotopic (exact) mass is 406 g/mol. The number of nitrogens with one attached hydrogen (secondary N) is 1. The molecule has 0 aromatic heterocycles. The van der Waals surface area contributed by atoms with Crippen molar-refractivity contribution in [1.29, 1.82) is 0 Å². The molecule has 2 aromatic carbocycles. The topological polar surface area (TPSA) is 104 Å². The Kier molecular flexibility index (Phi) is 4.58. The predicted octanol–water partition coefficient (Wildman–Crippen LogP) is 2.49. The fourth-order valence-corrected chi connectivity index (χ4v) is 4.64. The number of carboxylic acids is 1. The summed E-state index contributed by atoms with van der Waals surface area (Å²) >= 11 is 0.